The van der Waals surface area contributed by atoms with Gasteiger partial charge in [0.1, 0.15) is 12.4 Å². The molecule has 0 aliphatic rings. The molecule has 1 heterocycles. The molecule has 0 unspecified atom stereocenters. The Morgan fingerprint density at radius 2 is 1.89 bits per heavy atom. The van der Waals surface area contributed by atoms with Crippen LogP contribution < -0.4 is 10.1 Å². The summed E-state index contributed by atoms with van der Waals surface area (Å²) >= 11 is 0. The van der Waals surface area contributed by atoms with Crippen molar-refractivity contribution < 1.29 is 13.9 Å². The number of carbonyl (C=O) groups excluding carboxylic acids is 1. The van der Waals surface area contributed by atoms with Gasteiger partial charge in [0.25, 0.3) is 0 Å². The van der Waals surface area contributed by atoms with Crippen LogP contribution in [-0.2, 0) is 11.2 Å². The number of halogens is 1. The minimum Gasteiger partial charge on any atom is -0.475 e. The second kappa shape index (κ2) is 8.89. The highest BCUT2D eigenvalue weighted by Crippen LogP contribution is 2.18. The summed E-state index contributed by atoms with van der Waals surface area (Å²) in [7, 11) is 0. The van der Waals surface area contributed by atoms with Crippen LogP contribution in [0.4, 0.5) is 4.39 Å². The van der Waals surface area contributed by atoms with Gasteiger partial charge in [-0.15, -0.1) is 10.2 Å². The smallest absolute Gasteiger partial charge is 0.233 e. The van der Waals surface area contributed by atoms with Crippen molar-refractivity contribution in [1.82, 2.24) is 15.5 Å². The molecule has 6 heteroatoms. The number of hydrogen-bond donors (Lipinski definition) is 1. The molecule has 27 heavy (non-hydrogen) atoms. The monoisotopic (exact) mass is 365 g/mol. The van der Waals surface area contributed by atoms with E-state index in [1.165, 1.54) is 12.1 Å². The van der Waals surface area contributed by atoms with Crippen molar-refractivity contribution in [3.05, 3.63) is 77.6 Å². The van der Waals surface area contributed by atoms with Crippen molar-refractivity contribution >= 4 is 5.91 Å². The summed E-state index contributed by atoms with van der Waals surface area (Å²) in [6.45, 7) is 2.67. The Morgan fingerprint density at radius 3 is 2.59 bits per heavy atom. The van der Waals surface area contributed by atoms with E-state index in [-0.39, 0.29) is 11.7 Å². The highest BCUT2D eigenvalue weighted by atomic mass is 19.1. The first-order chi connectivity index (χ1) is 13.1. The zero-order valence-electron chi connectivity index (χ0n) is 15.0. The van der Waals surface area contributed by atoms with E-state index < -0.39 is 0 Å². The maximum absolute atomic E-state index is 13.0. The average molecular weight is 365 g/mol. The summed E-state index contributed by atoms with van der Waals surface area (Å²) < 4.78 is 18.4. The molecule has 0 aliphatic heterocycles. The Hall–Kier alpha value is -3.28. The average Bonchev–Trinajstić information content (AvgIpc) is 2.66. The Balaban J connectivity index is 1.42. The third-order valence-electron chi connectivity index (χ3n) is 3.90. The van der Waals surface area contributed by atoms with Crippen LogP contribution in [-0.4, -0.2) is 29.3 Å². The molecule has 3 rings (SSSR count). The molecule has 0 spiro atoms. The topological polar surface area (TPSA) is 64.1 Å². The zero-order valence-corrected chi connectivity index (χ0v) is 15.0. The van der Waals surface area contributed by atoms with Gasteiger partial charge in [0.15, 0.2) is 0 Å². The summed E-state index contributed by atoms with van der Waals surface area (Å²) in [5.74, 6) is 0.0202. The lowest BCUT2D eigenvalue weighted by Gasteiger charge is -2.08. The number of carbonyl (C=O) groups is 1. The molecule has 1 N–H and O–H groups in total. The highest BCUT2D eigenvalue weighted by Gasteiger charge is 2.05. The molecular weight excluding hydrogens is 345 g/mol. The molecule has 0 radical (unpaired) electrons. The molecule has 2 aromatic carbocycles. The Morgan fingerprint density at radius 1 is 1.07 bits per heavy atom. The fourth-order valence-corrected chi connectivity index (χ4v) is 2.59. The Labute approximate surface area is 157 Å². The van der Waals surface area contributed by atoms with E-state index in [1.807, 2.05) is 31.2 Å². The minimum atomic E-state index is -0.295. The van der Waals surface area contributed by atoms with E-state index in [1.54, 1.807) is 24.3 Å². The second-order valence-electron chi connectivity index (χ2n) is 6.13. The highest BCUT2D eigenvalue weighted by molar-refractivity contribution is 5.78. The van der Waals surface area contributed by atoms with Crippen LogP contribution in [0.3, 0.4) is 0 Å². The standard InChI is InChI=1S/C21H20FN3O2/c1-15-3-2-4-16(13-15)14-20(26)23-11-12-27-21-10-9-19(24-25-21)17-5-7-18(22)8-6-17/h2-10,13H,11-12,14H2,1H3,(H,23,26). The van der Waals surface area contributed by atoms with Crippen LogP contribution in [0.15, 0.2) is 60.7 Å². The molecule has 0 atom stereocenters. The lowest BCUT2D eigenvalue weighted by molar-refractivity contribution is -0.120. The van der Waals surface area contributed by atoms with Crippen LogP contribution in [0.5, 0.6) is 5.88 Å². The number of nitrogens with zero attached hydrogens (tertiary/aromatic N) is 2. The number of hydrogen-bond acceptors (Lipinski definition) is 4. The Bertz CT molecular complexity index is 896. The van der Waals surface area contributed by atoms with Crippen LogP contribution >= 0.6 is 0 Å². The molecule has 5 nitrogen and oxygen atoms in total. The molecule has 0 aliphatic carbocycles. The number of benzene rings is 2. The van der Waals surface area contributed by atoms with Crippen molar-refractivity contribution in [2.24, 2.45) is 0 Å². The van der Waals surface area contributed by atoms with E-state index in [0.29, 0.717) is 31.1 Å². The molecule has 0 fully saturated rings. The van der Waals surface area contributed by atoms with E-state index in [4.69, 9.17) is 4.74 Å². The predicted octanol–water partition coefficient (Wildman–Crippen LogP) is 3.33. The van der Waals surface area contributed by atoms with Crippen molar-refractivity contribution in [1.29, 1.82) is 0 Å². The van der Waals surface area contributed by atoms with Gasteiger partial charge in [-0.05, 0) is 42.8 Å². The lowest BCUT2D eigenvalue weighted by Crippen LogP contribution is -2.29. The molecule has 0 bridgehead atoms. The van der Waals surface area contributed by atoms with Gasteiger partial charge in [0.05, 0.1) is 18.7 Å². The van der Waals surface area contributed by atoms with Gasteiger partial charge in [-0.25, -0.2) is 4.39 Å². The van der Waals surface area contributed by atoms with E-state index in [2.05, 4.69) is 15.5 Å². The molecular formula is C21H20FN3O2. The van der Waals surface area contributed by atoms with Crippen LogP contribution in [0.1, 0.15) is 11.1 Å². The molecule has 1 amide bonds. The van der Waals surface area contributed by atoms with Crippen LogP contribution in [0.25, 0.3) is 11.3 Å². The van der Waals surface area contributed by atoms with Gasteiger partial charge in [0.2, 0.25) is 11.8 Å². The van der Waals surface area contributed by atoms with Gasteiger partial charge in [0, 0.05) is 11.6 Å². The largest absolute Gasteiger partial charge is 0.475 e. The number of nitrogens with one attached hydrogen (secondary N) is 1. The summed E-state index contributed by atoms with van der Waals surface area (Å²) in [4.78, 5) is 11.9. The van der Waals surface area contributed by atoms with Gasteiger partial charge in [-0.1, -0.05) is 29.8 Å². The summed E-state index contributed by atoms with van der Waals surface area (Å²) in [6, 6.07) is 17.4. The van der Waals surface area contributed by atoms with Gasteiger partial charge in [-0.3, -0.25) is 4.79 Å². The Kier molecular flexibility index (Phi) is 6.10. The SMILES string of the molecule is Cc1cccc(CC(=O)NCCOc2ccc(-c3ccc(F)cc3)nn2)c1. The van der Waals surface area contributed by atoms with Crippen molar-refractivity contribution in [2.75, 3.05) is 13.2 Å². The third kappa shape index (κ3) is 5.60. The minimum absolute atomic E-state index is 0.0538. The fourth-order valence-electron chi connectivity index (χ4n) is 2.59. The maximum Gasteiger partial charge on any atom is 0.233 e. The molecule has 0 saturated heterocycles. The predicted molar refractivity (Wildman–Crippen MR) is 101 cm³/mol. The quantitative estimate of drug-likeness (QED) is 0.653. The number of ether oxygens (including phenoxy) is 1. The summed E-state index contributed by atoms with van der Waals surface area (Å²) in [6.07, 6.45) is 0.341. The first-order valence-electron chi connectivity index (χ1n) is 8.65. The van der Waals surface area contributed by atoms with Crippen molar-refractivity contribution in [2.45, 2.75) is 13.3 Å². The number of aromatic nitrogens is 2. The third-order valence-corrected chi connectivity index (χ3v) is 3.90. The summed E-state index contributed by atoms with van der Waals surface area (Å²) in [5.41, 5.74) is 3.52. The maximum atomic E-state index is 13.0. The van der Waals surface area contributed by atoms with Crippen LogP contribution in [0.2, 0.25) is 0 Å². The zero-order chi connectivity index (χ0) is 19.1. The molecule has 3 aromatic rings. The molecule has 138 valence electrons. The summed E-state index contributed by atoms with van der Waals surface area (Å²) in [5, 5.41) is 10.9. The van der Waals surface area contributed by atoms with Gasteiger partial charge < -0.3 is 10.1 Å². The van der Waals surface area contributed by atoms with E-state index >= 15 is 0 Å². The number of rotatable bonds is 7. The molecule has 0 saturated carbocycles. The number of aryl methyl sites for hydroxylation is 1. The first-order valence-corrected chi connectivity index (χ1v) is 8.65. The van der Waals surface area contributed by atoms with Crippen LogP contribution in [0, 0.1) is 12.7 Å². The van der Waals surface area contributed by atoms with E-state index in [9.17, 15) is 9.18 Å². The van der Waals surface area contributed by atoms with Gasteiger partial charge in [-0.2, -0.15) is 0 Å². The van der Waals surface area contributed by atoms with E-state index in [0.717, 1.165) is 16.7 Å². The first kappa shape index (κ1) is 18.5. The fraction of sp³-hybridized carbons (Fsp3) is 0.190. The number of amides is 1. The molecule has 1 aromatic heterocycles. The van der Waals surface area contributed by atoms with Crippen molar-refractivity contribution in [3.8, 4) is 17.1 Å². The van der Waals surface area contributed by atoms with Crippen molar-refractivity contribution in [3.63, 3.8) is 0 Å². The van der Waals surface area contributed by atoms with Gasteiger partial charge >= 0.3 is 0 Å². The second-order valence-corrected chi connectivity index (χ2v) is 6.13. The lowest BCUT2D eigenvalue weighted by atomic mass is 10.1. The normalized spacial score (nSPS) is 10.4.